The Labute approximate surface area is 122 Å². The molecule has 1 rings (SSSR count). The van der Waals surface area contributed by atoms with Crippen LogP contribution in [-0.2, 0) is 37.4 Å². The van der Waals surface area contributed by atoms with Gasteiger partial charge in [-0.3, -0.25) is 14.2 Å². The van der Waals surface area contributed by atoms with E-state index in [9.17, 15) is 14.2 Å². The van der Waals surface area contributed by atoms with Crippen LogP contribution >= 0.6 is 7.60 Å². The van der Waals surface area contributed by atoms with Gasteiger partial charge in [-0.1, -0.05) is 0 Å². The van der Waals surface area contributed by atoms with Gasteiger partial charge < -0.3 is 23.3 Å². The lowest BCUT2D eigenvalue weighted by Gasteiger charge is -2.33. The van der Waals surface area contributed by atoms with Gasteiger partial charge in [-0.05, 0) is 12.2 Å². The average molecular weight is 322 g/mol. The minimum Gasteiger partial charge on any atom is -0.463 e. The molecular weight excluding hydrogens is 303 g/mol. The van der Waals surface area contributed by atoms with Crippen LogP contribution in [0, 0.1) is 0 Å². The van der Waals surface area contributed by atoms with Crippen LogP contribution < -0.4 is 0 Å². The first kappa shape index (κ1) is 17.8. The molecule has 0 aromatic heterocycles. The molecule has 0 radical (unpaired) electrons. The highest BCUT2D eigenvalue weighted by molar-refractivity contribution is 7.54. The summed E-state index contributed by atoms with van der Waals surface area (Å²) < 4.78 is 37.5. The molecule has 21 heavy (non-hydrogen) atoms. The van der Waals surface area contributed by atoms with E-state index in [1.54, 1.807) is 0 Å². The molecule has 120 valence electrons. The molecule has 0 aliphatic carbocycles. The Morgan fingerprint density at radius 2 is 1.76 bits per heavy atom. The second kappa shape index (κ2) is 7.70. The Hall–Kier alpha value is -1.21. The van der Waals surface area contributed by atoms with Gasteiger partial charge >= 0.3 is 19.5 Å². The van der Waals surface area contributed by atoms with Crippen molar-refractivity contribution in [2.75, 3.05) is 20.8 Å². The van der Waals surface area contributed by atoms with Gasteiger partial charge in [0.2, 0.25) is 0 Å². The van der Waals surface area contributed by atoms with Crippen molar-refractivity contribution in [3.05, 3.63) is 12.2 Å². The molecule has 0 aromatic carbocycles. The van der Waals surface area contributed by atoms with E-state index in [1.165, 1.54) is 40.2 Å². The molecule has 1 heterocycles. The quantitative estimate of drug-likeness (QED) is 0.409. The van der Waals surface area contributed by atoms with Crippen molar-refractivity contribution in [1.82, 2.24) is 0 Å². The van der Waals surface area contributed by atoms with E-state index < -0.39 is 37.6 Å². The minimum atomic E-state index is -3.49. The maximum Gasteiger partial charge on any atom is 0.362 e. The first-order valence-electron chi connectivity index (χ1n) is 6.18. The third-order valence-corrected chi connectivity index (χ3v) is 4.65. The van der Waals surface area contributed by atoms with Crippen molar-refractivity contribution in [2.45, 2.75) is 31.9 Å². The third-order valence-electron chi connectivity index (χ3n) is 2.72. The number of hydrogen-bond donors (Lipinski definition) is 0. The number of rotatable bonds is 6. The van der Waals surface area contributed by atoms with Gasteiger partial charge in [-0.2, -0.15) is 0 Å². The molecule has 1 aliphatic heterocycles. The molecule has 0 spiro atoms. The minimum absolute atomic E-state index is 0.151. The number of carbonyl (C=O) groups is 2. The maximum atomic E-state index is 12.3. The van der Waals surface area contributed by atoms with Gasteiger partial charge in [-0.15, -0.1) is 0 Å². The van der Waals surface area contributed by atoms with Crippen LogP contribution in [0.5, 0.6) is 0 Å². The Balaban J connectivity index is 2.89. The van der Waals surface area contributed by atoms with E-state index in [-0.39, 0.29) is 6.61 Å². The largest absolute Gasteiger partial charge is 0.463 e. The Kier molecular flexibility index (Phi) is 6.54. The summed E-state index contributed by atoms with van der Waals surface area (Å²) in [6.07, 6.45) is 1.40. The van der Waals surface area contributed by atoms with Crippen LogP contribution in [0.25, 0.3) is 0 Å². The van der Waals surface area contributed by atoms with Crippen molar-refractivity contribution in [2.24, 2.45) is 0 Å². The first-order valence-corrected chi connectivity index (χ1v) is 7.79. The van der Waals surface area contributed by atoms with E-state index >= 15 is 0 Å². The molecule has 0 saturated heterocycles. The summed E-state index contributed by atoms with van der Waals surface area (Å²) in [6.45, 7) is 2.34. The second-order valence-electron chi connectivity index (χ2n) is 4.23. The highest BCUT2D eigenvalue weighted by Gasteiger charge is 2.40. The van der Waals surface area contributed by atoms with Crippen molar-refractivity contribution in [1.29, 1.82) is 0 Å². The number of carbonyl (C=O) groups excluding carboxylic acids is 2. The molecular formula is C12H19O8P. The summed E-state index contributed by atoms with van der Waals surface area (Å²) in [4.78, 5) is 22.0. The van der Waals surface area contributed by atoms with Crippen molar-refractivity contribution in [3.8, 4) is 0 Å². The van der Waals surface area contributed by atoms with Gasteiger partial charge in [0.1, 0.15) is 18.8 Å². The van der Waals surface area contributed by atoms with Gasteiger partial charge in [-0.25, -0.2) is 0 Å². The topological polar surface area (TPSA) is 97.4 Å². The fourth-order valence-corrected chi connectivity index (χ4v) is 2.91. The molecule has 3 atom stereocenters. The van der Waals surface area contributed by atoms with Crippen molar-refractivity contribution < 1.29 is 37.4 Å². The summed E-state index contributed by atoms with van der Waals surface area (Å²) in [7, 11) is -1.02. The molecule has 0 bridgehead atoms. The number of ether oxygens (including phenoxy) is 3. The lowest BCUT2D eigenvalue weighted by Crippen LogP contribution is -2.41. The lowest BCUT2D eigenvalue weighted by molar-refractivity contribution is -0.160. The molecule has 9 heteroatoms. The van der Waals surface area contributed by atoms with Crippen LogP contribution in [0.4, 0.5) is 0 Å². The van der Waals surface area contributed by atoms with E-state index in [1.807, 2.05) is 0 Å². The van der Waals surface area contributed by atoms with E-state index in [2.05, 4.69) is 0 Å². The summed E-state index contributed by atoms with van der Waals surface area (Å²) in [6, 6.07) is 0. The van der Waals surface area contributed by atoms with E-state index in [0.29, 0.717) is 0 Å². The van der Waals surface area contributed by atoms with Crippen LogP contribution in [0.2, 0.25) is 0 Å². The highest BCUT2D eigenvalue weighted by Crippen LogP contribution is 2.53. The number of hydrogen-bond acceptors (Lipinski definition) is 8. The predicted octanol–water partition coefficient (Wildman–Crippen LogP) is 1.25. The lowest BCUT2D eigenvalue weighted by atomic mass is 10.1. The second-order valence-corrected chi connectivity index (χ2v) is 6.55. The van der Waals surface area contributed by atoms with Gasteiger partial charge in [0.05, 0.1) is 0 Å². The van der Waals surface area contributed by atoms with Crippen molar-refractivity contribution in [3.63, 3.8) is 0 Å². The standard InChI is InChI=1S/C12H19O8P/c1-8(13)18-7-11-10(19-9(2)14)5-6-12(20-11)21(15,16-3)17-4/h5-6,10-12H,7H2,1-4H3/t10-,11+,12-/m0/s1. The van der Waals surface area contributed by atoms with Gasteiger partial charge in [0.25, 0.3) is 0 Å². The Bertz CT molecular complexity index is 452. The van der Waals surface area contributed by atoms with Gasteiger partial charge in [0, 0.05) is 28.1 Å². The Morgan fingerprint density at radius 1 is 1.14 bits per heavy atom. The molecule has 0 saturated carbocycles. The average Bonchev–Trinajstić information content (AvgIpc) is 2.44. The summed E-state index contributed by atoms with van der Waals surface area (Å²) in [5.41, 5.74) is 0. The van der Waals surface area contributed by atoms with Crippen LogP contribution in [-0.4, -0.2) is 50.8 Å². The Morgan fingerprint density at radius 3 is 2.24 bits per heavy atom. The monoisotopic (exact) mass is 322 g/mol. The molecule has 0 N–H and O–H groups in total. The third kappa shape index (κ3) is 4.93. The maximum absolute atomic E-state index is 12.3. The fraction of sp³-hybridized carbons (Fsp3) is 0.667. The molecule has 8 nitrogen and oxygen atoms in total. The molecule has 1 aliphatic rings. The number of esters is 2. The van der Waals surface area contributed by atoms with Gasteiger partial charge in [0.15, 0.2) is 5.85 Å². The zero-order valence-electron chi connectivity index (χ0n) is 12.3. The SMILES string of the molecule is COP(=O)(OC)[C@H]1C=C[C@H](OC(C)=O)[C@@H](COC(C)=O)O1. The van der Waals surface area contributed by atoms with Crippen molar-refractivity contribution >= 4 is 19.5 Å². The van der Waals surface area contributed by atoms with E-state index in [4.69, 9.17) is 23.3 Å². The first-order chi connectivity index (χ1) is 9.82. The predicted molar refractivity (Wildman–Crippen MR) is 71.6 cm³/mol. The molecule has 0 fully saturated rings. The molecule has 0 aromatic rings. The zero-order chi connectivity index (χ0) is 16.0. The van der Waals surface area contributed by atoms with E-state index in [0.717, 1.165) is 0 Å². The zero-order valence-corrected chi connectivity index (χ0v) is 13.2. The highest BCUT2D eigenvalue weighted by atomic mass is 31.2. The molecule has 0 unspecified atom stereocenters. The fourth-order valence-electron chi connectivity index (χ4n) is 1.73. The summed E-state index contributed by atoms with van der Waals surface area (Å²) >= 11 is 0. The van der Waals surface area contributed by atoms with Crippen LogP contribution in [0.3, 0.4) is 0 Å². The smallest absolute Gasteiger partial charge is 0.362 e. The summed E-state index contributed by atoms with van der Waals surface area (Å²) in [5, 5.41) is 0. The molecule has 0 amide bonds. The normalized spacial score (nSPS) is 25.4. The van der Waals surface area contributed by atoms with Crippen LogP contribution in [0.1, 0.15) is 13.8 Å². The summed E-state index contributed by atoms with van der Waals surface area (Å²) in [5.74, 6) is -1.99. The van der Waals surface area contributed by atoms with Crippen LogP contribution in [0.15, 0.2) is 12.2 Å².